The standard InChI is InChI=1S/C23H26F6N6O3S/c1-21-7-2-8-32-39(21,37)12-22(10-24,35-20(21)30)17-14(25)4-6-16(33-17)34-18(36)15-5-3-13(9-31-15)38-11-23(28,29)19(26)27/h3-6,9,19,39H,2,7-8,10-12H2,1H3,(H2,30,35)(H,32,37)(H,33,34,36)/t21-,22+/m1/s1. The Bertz CT molecular complexity index is 1330. The number of carbonyl (C=O) groups excluding carboxylic acids is 1. The monoisotopic (exact) mass is 580 g/mol. The normalized spacial score (nSPS) is 25.4. The van der Waals surface area contributed by atoms with Crippen molar-refractivity contribution in [2.24, 2.45) is 10.7 Å². The number of rotatable bonds is 8. The highest BCUT2D eigenvalue weighted by atomic mass is 32.3. The van der Waals surface area contributed by atoms with Gasteiger partial charge in [0.25, 0.3) is 5.91 Å². The van der Waals surface area contributed by atoms with Crippen LogP contribution < -0.4 is 20.5 Å². The number of nitrogens with two attached hydrogens (primary N) is 1. The zero-order valence-electron chi connectivity index (χ0n) is 20.6. The predicted molar refractivity (Wildman–Crippen MR) is 132 cm³/mol. The number of alkyl halides is 5. The largest absolute Gasteiger partial charge is 0.485 e. The summed E-state index contributed by atoms with van der Waals surface area (Å²) >= 11 is 0. The minimum atomic E-state index is -4.37. The van der Waals surface area contributed by atoms with Crippen LogP contribution in [0.1, 0.15) is 35.9 Å². The Balaban J connectivity index is 1.56. The van der Waals surface area contributed by atoms with Crippen LogP contribution in [0.3, 0.4) is 0 Å². The van der Waals surface area contributed by atoms with Crippen LogP contribution in [0.2, 0.25) is 0 Å². The molecule has 4 rings (SSSR count). The highest BCUT2D eigenvalue weighted by Crippen LogP contribution is 2.43. The molecule has 1 amide bonds. The van der Waals surface area contributed by atoms with Gasteiger partial charge in [-0.1, -0.05) is 0 Å². The fourth-order valence-electron chi connectivity index (χ4n) is 4.47. The van der Waals surface area contributed by atoms with Gasteiger partial charge in [-0.3, -0.25) is 18.7 Å². The lowest BCUT2D eigenvalue weighted by Crippen LogP contribution is -2.67. The Labute approximate surface area is 220 Å². The lowest BCUT2D eigenvalue weighted by molar-refractivity contribution is -0.148. The van der Waals surface area contributed by atoms with Gasteiger partial charge in [-0.2, -0.15) is 8.78 Å². The number of amidine groups is 1. The first-order valence-electron chi connectivity index (χ1n) is 11.7. The summed E-state index contributed by atoms with van der Waals surface area (Å²) in [6.45, 7) is -0.759. The fourth-order valence-corrected chi connectivity index (χ4v) is 7.78. The van der Waals surface area contributed by atoms with E-state index < -0.39 is 63.5 Å². The number of nitrogens with one attached hydrogen (secondary N) is 2. The smallest absolute Gasteiger partial charge is 0.340 e. The molecule has 2 aromatic heterocycles. The van der Waals surface area contributed by atoms with Gasteiger partial charge in [0.05, 0.1) is 10.9 Å². The van der Waals surface area contributed by atoms with E-state index in [1.54, 1.807) is 6.92 Å². The van der Waals surface area contributed by atoms with E-state index in [4.69, 9.17) is 5.73 Å². The third-order valence-electron chi connectivity index (χ3n) is 6.84. The van der Waals surface area contributed by atoms with Crippen molar-refractivity contribution >= 4 is 27.7 Å². The van der Waals surface area contributed by atoms with Crippen molar-refractivity contribution in [3.05, 3.63) is 47.7 Å². The van der Waals surface area contributed by atoms with Crippen LogP contribution in [-0.4, -0.2) is 68.6 Å². The van der Waals surface area contributed by atoms with Gasteiger partial charge in [0.1, 0.15) is 46.8 Å². The zero-order valence-corrected chi connectivity index (χ0v) is 21.5. The van der Waals surface area contributed by atoms with E-state index in [1.165, 1.54) is 0 Å². The molecule has 1 saturated heterocycles. The topological polar surface area (TPSA) is 132 Å². The first-order valence-corrected chi connectivity index (χ1v) is 13.6. The number of hydrogen-bond donors (Lipinski definition) is 4. The first-order chi connectivity index (χ1) is 18.3. The van der Waals surface area contributed by atoms with E-state index >= 15 is 0 Å². The second-order valence-electron chi connectivity index (χ2n) is 9.56. The molecule has 2 aliphatic heterocycles. The van der Waals surface area contributed by atoms with Crippen LogP contribution in [0.5, 0.6) is 5.75 Å². The molecule has 2 aromatic rings. The number of halogens is 6. The molecule has 4 N–H and O–H groups in total. The molecule has 4 heterocycles. The van der Waals surface area contributed by atoms with E-state index in [0.717, 1.165) is 30.5 Å². The maximum absolute atomic E-state index is 15.0. The minimum Gasteiger partial charge on any atom is -0.485 e. The van der Waals surface area contributed by atoms with Gasteiger partial charge in [-0.15, -0.1) is 0 Å². The second kappa shape index (κ2) is 10.4. The maximum Gasteiger partial charge on any atom is 0.340 e. The van der Waals surface area contributed by atoms with Gasteiger partial charge >= 0.3 is 12.3 Å². The third-order valence-corrected chi connectivity index (χ3v) is 10.6. The molecule has 0 aromatic carbocycles. The van der Waals surface area contributed by atoms with Crippen molar-refractivity contribution in [2.45, 2.75) is 42.4 Å². The summed E-state index contributed by atoms with van der Waals surface area (Å²) in [5.74, 6) is -7.12. The van der Waals surface area contributed by atoms with Gasteiger partial charge in [0.15, 0.2) is 6.61 Å². The van der Waals surface area contributed by atoms with E-state index in [9.17, 15) is 35.3 Å². The van der Waals surface area contributed by atoms with Crippen LogP contribution >= 0.6 is 0 Å². The lowest BCUT2D eigenvalue weighted by Gasteiger charge is -2.52. The first kappa shape index (κ1) is 28.7. The molecular formula is C23H26F6N6O3S. The molecule has 2 aliphatic rings. The molecular weight excluding hydrogens is 554 g/mol. The van der Waals surface area contributed by atoms with E-state index in [0.29, 0.717) is 19.4 Å². The average molecular weight is 581 g/mol. The number of hydrogen-bond acceptors (Lipinski definition) is 7. The molecule has 0 unspecified atom stereocenters. The van der Waals surface area contributed by atoms with Crippen LogP contribution in [0.15, 0.2) is 35.5 Å². The quantitative estimate of drug-likeness (QED) is 0.281. The summed E-state index contributed by atoms with van der Waals surface area (Å²) in [6.07, 6.45) is -1.90. The number of fused-ring (bicyclic) bond motifs is 1. The number of nitrogens with zero attached hydrogens (tertiary/aromatic N) is 3. The minimum absolute atomic E-state index is 0.0737. The molecule has 39 heavy (non-hydrogen) atoms. The Morgan fingerprint density at radius 2 is 2.05 bits per heavy atom. The molecule has 0 radical (unpaired) electrons. The Kier molecular flexibility index (Phi) is 7.64. The van der Waals surface area contributed by atoms with Gasteiger partial charge in [0.2, 0.25) is 0 Å². The Hall–Kier alpha value is -3.27. The number of pyridine rings is 2. The molecule has 214 valence electrons. The summed E-state index contributed by atoms with van der Waals surface area (Å²) in [5, 5.41) is 2.36. The lowest BCUT2D eigenvalue weighted by atomic mass is 9.95. The number of amides is 1. The molecule has 16 heteroatoms. The molecule has 0 aliphatic carbocycles. The van der Waals surface area contributed by atoms with Gasteiger partial charge in [-0.05, 0) is 54.1 Å². The van der Waals surface area contributed by atoms with Crippen LogP contribution in [0.25, 0.3) is 0 Å². The number of aliphatic imine (C=N–C) groups is 1. The van der Waals surface area contributed by atoms with Crippen molar-refractivity contribution in [1.29, 1.82) is 0 Å². The van der Waals surface area contributed by atoms with Gasteiger partial charge in [-0.25, -0.2) is 27.5 Å². The number of aromatic nitrogens is 2. The van der Waals surface area contributed by atoms with Crippen molar-refractivity contribution in [1.82, 2.24) is 14.7 Å². The number of ether oxygens (including phenoxy) is 1. The molecule has 0 spiro atoms. The predicted octanol–water partition coefficient (Wildman–Crippen LogP) is 2.76. The van der Waals surface area contributed by atoms with Crippen LogP contribution in [-0.2, 0) is 15.7 Å². The van der Waals surface area contributed by atoms with Crippen molar-refractivity contribution in [3.8, 4) is 5.75 Å². The molecule has 0 saturated carbocycles. The Morgan fingerprint density at radius 3 is 2.69 bits per heavy atom. The highest BCUT2D eigenvalue weighted by Gasteiger charge is 2.55. The van der Waals surface area contributed by atoms with Crippen molar-refractivity contribution in [3.63, 3.8) is 0 Å². The molecule has 2 atom stereocenters. The molecule has 1 fully saturated rings. The fraction of sp³-hybridized carbons (Fsp3) is 0.478. The van der Waals surface area contributed by atoms with E-state index in [2.05, 4.69) is 29.7 Å². The summed E-state index contributed by atoms with van der Waals surface area (Å²) in [5.41, 5.74) is 3.43. The van der Waals surface area contributed by atoms with E-state index in [1.807, 2.05) is 0 Å². The summed E-state index contributed by atoms with van der Waals surface area (Å²) < 4.78 is 101. The average Bonchev–Trinajstić information content (AvgIpc) is 2.89. The van der Waals surface area contributed by atoms with E-state index in [-0.39, 0.29) is 28.8 Å². The highest BCUT2D eigenvalue weighted by molar-refractivity contribution is 8.03. The molecule has 0 bridgehead atoms. The summed E-state index contributed by atoms with van der Waals surface area (Å²) in [7, 11) is -3.38. The molecule has 9 nitrogen and oxygen atoms in total. The number of anilines is 1. The van der Waals surface area contributed by atoms with Crippen LogP contribution in [0.4, 0.5) is 32.2 Å². The van der Waals surface area contributed by atoms with Crippen LogP contribution in [0, 0.1) is 5.82 Å². The third kappa shape index (κ3) is 5.31. The van der Waals surface area contributed by atoms with Crippen molar-refractivity contribution in [2.75, 3.05) is 30.9 Å². The van der Waals surface area contributed by atoms with Gasteiger partial charge in [0, 0.05) is 12.3 Å². The SMILES string of the molecule is C[C@]12CCCN[SH]1(=O)C[C@@](CF)(c1nc(NC(=O)c3ccc(OCC(F)(F)C(F)F)cn3)ccc1F)N=C2N. The zero-order chi connectivity index (χ0) is 28.6. The second-order valence-corrected chi connectivity index (χ2v) is 12.7. The summed E-state index contributed by atoms with van der Waals surface area (Å²) in [4.78, 5) is 24.7. The Morgan fingerprint density at radius 1 is 1.31 bits per heavy atom. The summed E-state index contributed by atoms with van der Waals surface area (Å²) in [6, 6.07) is 4.18. The van der Waals surface area contributed by atoms with Gasteiger partial charge < -0.3 is 15.8 Å². The maximum atomic E-state index is 15.0. The van der Waals surface area contributed by atoms with Crippen molar-refractivity contribution < 1.29 is 40.1 Å². The number of carbonyl (C=O) groups is 1. The number of thiol groups is 1.